The highest BCUT2D eigenvalue weighted by molar-refractivity contribution is 6.34. The zero-order chi connectivity index (χ0) is 14.3. The van der Waals surface area contributed by atoms with E-state index in [9.17, 15) is 14.0 Å². The summed E-state index contributed by atoms with van der Waals surface area (Å²) in [4.78, 5) is 28.8. The number of hydrogen-bond donors (Lipinski definition) is 0. The molecule has 2 heterocycles. The topological polar surface area (TPSA) is 74.1 Å². The van der Waals surface area contributed by atoms with Crippen LogP contribution in [-0.2, 0) is 0 Å². The first-order valence-electron chi connectivity index (χ1n) is 5.66. The van der Waals surface area contributed by atoms with E-state index in [4.69, 9.17) is 5.26 Å². The van der Waals surface area contributed by atoms with Gasteiger partial charge in [-0.1, -0.05) is 0 Å². The lowest BCUT2D eigenvalue weighted by Crippen LogP contribution is -2.30. The number of nitrogens with zero attached hydrogens (tertiary/aromatic N) is 3. The van der Waals surface area contributed by atoms with E-state index in [1.54, 1.807) is 6.07 Å². The quantitative estimate of drug-likeness (QED) is 0.739. The zero-order valence-corrected chi connectivity index (χ0v) is 10.0. The molecule has 0 radical (unpaired) electrons. The van der Waals surface area contributed by atoms with Crippen LogP contribution in [0.3, 0.4) is 0 Å². The van der Waals surface area contributed by atoms with Crippen molar-refractivity contribution in [3.05, 3.63) is 59.2 Å². The number of carbonyl (C=O) groups is 2. The first-order valence-corrected chi connectivity index (χ1v) is 5.66. The van der Waals surface area contributed by atoms with Gasteiger partial charge in [0.25, 0.3) is 11.8 Å². The van der Waals surface area contributed by atoms with Crippen LogP contribution in [-0.4, -0.2) is 16.8 Å². The van der Waals surface area contributed by atoms with Crippen LogP contribution in [0, 0.1) is 17.1 Å². The Morgan fingerprint density at radius 1 is 1.15 bits per heavy atom. The normalized spacial score (nSPS) is 13.3. The molecule has 0 aliphatic carbocycles. The number of hydrogen-bond acceptors (Lipinski definition) is 4. The fraction of sp³-hybridized carbons (Fsp3) is 0. The van der Waals surface area contributed by atoms with Crippen molar-refractivity contribution in [2.75, 3.05) is 4.90 Å². The number of aromatic nitrogens is 1. The van der Waals surface area contributed by atoms with Crippen LogP contribution in [0.1, 0.15) is 26.3 Å². The van der Waals surface area contributed by atoms with Crippen molar-refractivity contribution in [1.82, 2.24) is 4.98 Å². The van der Waals surface area contributed by atoms with E-state index in [0.717, 1.165) is 11.0 Å². The highest BCUT2D eigenvalue weighted by atomic mass is 19.1. The number of amides is 2. The lowest BCUT2D eigenvalue weighted by atomic mass is 10.2. The molecule has 96 valence electrons. The van der Waals surface area contributed by atoms with Crippen molar-refractivity contribution >= 4 is 17.5 Å². The number of imide groups is 1. The van der Waals surface area contributed by atoms with Crippen molar-refractivity contribution in [2.24, 2.45) is 0 Å². The largest absolute Gasteiger partial charge is 0.268 e. The Morgan fingerprint density at radius 2 is 1.90 bits per heavy atom. The van der Waals surface area contributed by atoms with Crippen LogP contribution in [0.2, 0.25) is 0 Å². The van der Waals surface area contributed by atoms with Crippen LogP contribution >= 0.6 is 0 Å². The summed E-state index contributed by atoms with van der Waals surface area (Å²) in [6.07, 6.45) is 2.67. The Labute approximate surface area is 112 Å². The molecule has 0 unspecified atom stereocenters. The molecule has 1 aliphatic rings. The number of carbonyl (C=O) groups excluding carboxylic acids is 2. The monoisotopic (exact) mass is 267 g/mol. The van der Waals surface area contributed by atoms with E-state index < -0.39 is 17.6 Å². The molecule has 0 saturated carbocycles. The molecule has 3 rings (SSSR count). The van der Waals surface area contributed by atoms with Gasteiger partial charge in [-0.2, -0.15) is 5.26 Å². The predicted molar refractivity (Wildman–Crippen MR) is 66.5 cm³/mol. The summed E-state index contributed by atoms with van der Waals surface area (Å²) in [7, 11) is 0. The maximum absolute atomic E-state index is 13.9. The van der Waals surface area contributed by atoms with Crippen molar-refractivity contribution < 1.29 is 14.0 Å². The SMILES string of the molecule is N#Cc1ccc(N2C(=O)c3ccncc3C2=O)c(F)c1. The van der Waals surface area contributed by atoms with Gasteiger partial charge in [0.05, 0.1) is 28.4 Å². The lowest BCUT2D eigenvalue weighted by Gasteiger charge is -2.14. The van der Waals surface area contributed by atoms with E-state index >= 15 is 0 Å². The molecule has 1 aromatic carbocycles. The van der Waals surface area contributed by atoms with Crippen LogP contribution in [0.4, 0.5) is 10.1 Å². The summed E-state index contributed by atoms with van der Waals surface area (Å²) in [6.45, 7) is 0. The Bertz CT molecular complexity index is 760. The summed E-state index contributed by atoms with van der Waals surface area (Å²) in [5, 5.41) is 8.69. The van der Waals surface area contributed by atoms with E-state index in [1.165, 1.54) is 30.6 Å². The maximum atomic E-state index is 13.9. The van der Waals surface area contributed by atoms with Crippen molar-refractivity contribution in [1.29, 1.82) is 5.26 Å². The van der Waals surface area contributed by atoms with Gasteiger partial charge in [0, 0.05) is 12.4 Å². The minimum Gasteiger partial charge on any atom is -0.268 e. The van der Waals surface area contributed by atoms with Crippen molar-refractivity contribution in [3.8, 4) is 6.07 Å². The van der Waals surface area contributed by atoms with Crippen LogP contribution in [0.5, 0.6) is 0 Å². The third kappa shape index (κ3) is 1.57. The second-order valence-electron chi connectivity index (χ2n) is 4.14. The predicted octanol–water partition coefficient (Wildman–Crippen LogP) is 1.89. The van der Waals surface area contributed by atoms with E-state index in [1.807, 2.05) is 0 Å². The summed E-state index contributed by atoms with van der Waals surface area (Å²) < 4.78 is 13.9. The highest BCUT2D eigenvalue weighted by Crippen LogP contribution is 2.29. The molecular formula is C14H6FN3O2. The summed E-state index contributed by atoms with van der Waals surface area (Å²) in [5.41, 5.74) is 0.273. The Hall–Kier alpha value is -3.07. The Morgan fingerprint density at radius 3 is 2.55 bits per heavy atom. The molecule has 1 aromatic heterocycles. The second-order valence-corrected chi connectivity index (χ2v) is 4.14. The van der Waals surface area contributed by atoms with Gasteiger partial charge in [0.2, 0.25) is 0 Å². The maximum Gasteiger partial charge on any atom is 0.267 e. The lowest BCUT2D eigenvalue weighted by molar-refractivity contribution is 0.0925. The van der Waals surface area contributed by atoms with E-state index in [0.29, 0.717) is 0 Å². The summed E-state index contributed by atoms with van der Waals surface area (Å²) in [5.74, 6) is -2.02. The van der Waals surface area contributed by atoms with Crippen molar-refractivity contribution in [2.45, 2.75) is 0 Å². The number of pyridine rings is 1. The number of rotatable bonds is 1. The second kappa shape index (κ2) is 4.24. The van der Waals surface area contributed by atoms with Crippen LogP contribution < -0.4 is 4.90 Å². The Kier molecular flexibility index (Phi) is 2.54. The fourth-order valence-corrected chi connectivity index (χ4v) is 2.06. The first-order chi connectivity index (χ1) is 9.63. The molecule has 2 amide bonds. The van der Waals surface area contributed by atoms with Crippen molar-refractivity contribution in [3.63, 3.8) is 0 Å². The number of anilines is 1. The third-order valence-corrected chi connectivity index (χ3v) is 3.01. The summed E-state index contributed by atoms with van der Waals surface area (Å²) in [6, 6.07) is 6.77. The van der Waals surface area contributed by atoms with Crippen LogP contribution in [0.25, 0.3) is 0 Å². The van der Waals surface area contributed by atoms with Gasteiger partial charge in [0.15, 0.2) is 0 Å². The molecule has 2 aromatic rings. The molecule has 20 heavy (non-hydrogen) atoms. The number of benzene rings is 1. The smallest absolute Gasteiger partial charge is 0.267 e. The van der Waals surface area contributed by atoms with Crippen LogP contribution in [0.15, 0.2) is 36.7 Å². The molecule has 0 atom stereocenters. The third-order valence-electron chi connectivity index (χ3n) is 3.01. The Balaban J connectivity index is 2.12. The van der Waals surface area contributed by atoms with Gasteiger partial charge in [0.1, 0.15) is 5.82 Å². The fourth-order valence-electron chi connectivity index (χ4n) is 2.06. The molecule has 6 heteroatoms. The molecule has 0 bridgehead atoms. The average molecular weight is 267 g/mol. The highest BCUT2D eigenvalue weighted by Gasteiger charge is 2.37. The molecule has 5 nitrogen and oxygen atoms in total. The first kappa shape index (κ1) is 12.0. The van der Waals surface area contributed by atoms with Gasteiger partial charge in [-0.15, -0.1) is 0 Å². The molecule has 0 spiro atoms. The molecule has 1 aliphatic heterocycles. The standard InChI is InChI=1S/C14H6FN3O2/c15-11-5-8(6-16)1-2-12(11)18-13(19)9-3-4-17-7-10(9)14(18)20/h1-5,7H. The zero-order valence-electron chi connectivity index (χ0n) is 10.0. The molecule has 0 fully saturated rings. The minimum absolute atomic E-state index is 0.115. The number of nitriles is 1. The minimum atomic E-state index is -0.800. The average Bonchev–Trinajstić information content (AvgIpc) is 2.72. The number of fused-ring (bicyclic) bond motifs is 1. The van der Waals surface area contributed by atoms with E-state index in [-0.39, 0.29) is 22.4 Å². The molecule has 0 N–H and O–H groups in total. The van der Waals surface area contributed by atoms with Gasteiger partial charge in [-0.05, 0) is 24.3 Å². The molecular weight excluding hydrogens is 261 g/mol. The van der Waals surface area contributed by atoms with Gasteiger partial charge < -0.3 is 0 Å². The number of halogens is 1. The van der Waals surface area contributed by atoms with Gasteiger partial charge >= 0.3 is 0 Å². The van der Waals surface area contributed by atoms with Gasteiger partial charge in [-0.25, -0.2) is 9.29 Å². The summed E-state index contributed by atoms with van der Waals surface area (Å²) >= 11 is 0. The van der Waals surface area contributed by atoms with Gasteiger partial charge in [-0.3, -0.25) is 14.6 Å². The van der Waals surface area contributed by atoms with E-state index in [2.05, 4.69) is 4.98 Å². The molecule has 0 saturated heterocycles.